The average molecular weight is 283 g/mol. The molecule has 0 spiro atoms. The molecule has 0 saturated heterocycles. The van der Waals surface area contributed by atoms with Gasteiger partial charge in [-0.2, -0.15) is 13.2 Å². The van der Waals surface area contributed by atoms with Crippen molar-refractivity contribution in [2.45, 2.75) is 32.5 Å². The lowest BCUT2D eigenvalue weighted by atomic mass is 10.0. The smallest absolute Gasteiger partial charge is 0.445 e. The molecule has 0 radical (unpaired) electrons. The summed E-state index contributed by atoms with van der Waals surface area (Å²) in [6.45, 7) is 3.64. The van der Waals surface area contributed by atoms with E-state index in [0.717, 1.165) is 0 Å². The highest BCUT2D eigenvalue weighted by Gasteiger charge is 2.36. The number of aliphatic carboxylic acids is 1. The van der Waals surface area contributed by atoms with E-state index in [-0.39, 0.29) is 17.5 Å². The summed E-state index contributed by atoms with van der Waals surface area (Å²) in [7, 11) is 0. The third-order valence-corrected chi connectivity index (χ3v) is 2.87. The van der Waals surface area contributed by atoms with Crippen molar-refractivity contribution in [3.05, 3.63) is 5.01 Å². The van der Waals surface area contributed by atoms with Gasteiger partial charge < -0.3 is 10.4 Å². The van der Waals surface area contributed by atoms with Crippen LogP contribution in [0.25, 0.3) is 0 Å². The zero-order valence-electron chi connectivity index (χ0n) is 9.65. The van der Waals surface area contributed by atoms with E-state index in [1.165, 1.54) is 0 Å². The first-order valence-corrected chi connectivity index (χ1v) is 5.92. The Morgan fingerprint density at radius 3 is 2.44 bits per heavy atom. The quantitative estimate of drug-likeness (QED) is 0.868. The summed E-state index contributed by atoms with van der Waals surface area (Å²) in [6.07, 6.45) is -4.27. The summed E-state index contributed by atoms with van der Waals surface area (Å²) < 4.78 is 36.8. The molecule has 9 heteroatoms. The number of halogens is 3. The molecule has 0 saturated carbocycles. The van der Waals surface area contributed by atoms with Crippen LogP contribution in [0.5, 0.6) is 0 Å². The number of nitrogens with one attached hydrogen (secondary N) is 1. The van der Waals surface area contributed by atoms with Crippen LogP contribution < -0.4 is 5.32 Å². The minimum atomic E-state index is -4.56. The molecule has 0 fully saturated rings. The molecule has 0 bridgehead atoms. The molecule has 1 heterocycles. The van der Waals surface area contributed by atoms with Gasteiger partial charge in [-0.15, -0.1) is 10.2 Å². The molecule has 18 heavy (non-hydrogen) atoms. The number of nitrogens with zero attached hydrogens (tertiary/aromatic N) is 2. The number of anilines is 1. The largest absolute Gasteiger partial charge is 0.480 e. The number of carboxylic acid groups (broad SMARTS) is 1. The normalized spacial score (nSPS) is 13.7. The van der Waals surface area contributed by atoms with Crippen molar-refractivity contribution in [1.82, 2.24) is 10.2 Å². The topological polar surface area (TPSA) is 75.1 Å². The summed E-state index contributed by atoms with van der Waals surface area (Å²) in [5.74, 6) is -1.04. The fourth-order valence-corrected chi connectivity index (χ4v) is 1.90. The minimum Gasteiger partial charge on any atom is -0.480 e. The van der Waals surface area contributed by atoms with Crippen molar-refractivity contribution in [3.63, 3.8) is 0 Å². The standard InChI is InChI=1S/C9H12F3N3O2S/c1-4(2)3-5(6(16)17)13-8-15-14-7(18-8)9(10,11)12/h4-5H,3H2,1-2H3,(H,13,15)(H,16,17)/t5-/m0/s1. The van der Waals surface area contributed by atoms with Crippen LogP contribution in [0.2, 0.25) is 0 Å². The molecule has 0 unspecified atom stereocenters. The van der Waals surface area contributed by atoms with Crippen molar-refractivity contribution < 1.29 is 23.1 Å². The van der Waals surface area contributed by atoms with Gasteiger partial charge in [0.15, 0.2) is 0 Å². The van der Waals surface area contributed by atoms with Gasteiger partial charge in [0.2, 0.25) is 10.1 Å². The molecule has 0 aliphatic rings. The summed E-state index contributed by atoms with van der Waals surface area (Å²) in [4.78, 5) is 10.9. The highest BCUT2D eigenvalue weighted by Crippen LogP contribution is 2.33. The van der Waals surface area contributed by atoms with E-state index in [1.54, 1.807) is 0 Å². The third-order valence-electron chi connectivity index (χ3n) is 1.97. The Balaban J connectivity index is 2.76. The fourth-order valence-electron chi connectivity index (χ4n) is 1.24. The van der Waals surface area contributed by atoms with Crippen LogP contribution in [0.3, 0.4) is 0 Å². The Bertz CT molecular complexity index is 419. The molecular weight excluding hydrogens is 271 g/mol. The molecule has 2 N–H and O–H groups in total. The second-order valence-electron chi connectivity index (χ2n) is 4.07. The zero-order chi connectivity index (χ0) is 13.9. The third kappa shape index (κ3) is 4.13. The van der Waals surface area contributed by atoms with Gasteiger partial charge in [0.05, 0.1) is 0 Å². The average Bonchev–Trinajstić information content (AvgIpc) is 2.63. The SMILES string of the molecule is CC(C)C[C@H](Nc1nnc(C(F)(F)F)s1)C(=O)O. The van der Waals surface area contributed by atoms with Crippen molar-refractivity contribution in [3.8, 4) is 0 Å². The lowest BCUT2D eigenvalue weighted by Crippen LogP contribution is -2.30. The molecule has 102 valence electrons. The first-order valence-electron chi connectivity index (χ1n) is 5.10. The Labute approximate surface area is 105 Å². The molecule has 1 aromatic rings. The highest BCUT2D eigenvalue weighted by molar-refractivity contribution is 7.15. The van der Waals surface area contributed by atoms with Crippen LogP contribution in [-0.2, 0) is 11.0 Å². The highest BCUT2D eigenvalue weighted by atomic mass is 32.1. The molecule has 0 amide bonds. The maximum Gasteiger partial charge on any atom is 0.445 e. The van der Waals surface area contributed by atoms with E-state index >= 15 is 0 Å². The van der Waals surface area contributed by atoms with Gasteiger partial charge in [-0.25, -0.2) is 4.79 Å². The van der Waals surface area contributed by atoms with E-state index in [1.807, 2.05) is 13.8 Å². The number of hydrogen-bond donors (Lipinski definition) is 2. The Morgan fingerprint density at radius 1 is 1.44 bits per heavy atom. The van der Waals surface area contributed by atoms with Gasteiger partial charge >= 0.3 is 12.1 Å². The van der Waals surface area contributed by atoms with Gasteiger partial charge in [-0.05, 0) is 12.3 Å². The Kier molecular flexibility index (Phi) is 4.49. The molecule has 0 aromatic carbocycles. The fraction of sp³-hybridized carbons (Fsp3) is 0.667. The molecular formula is C9H12F3N3O2S. The van der Waals surface area contributed by atoms with E-state index in [0.29, 0.717) is 11.3 Å². The van der Waals surface area contributed by atoms with Crippen molar-refractivity contribution in [2.24, 2.45) is 5.92 Å². The number of alkyl halides is 3. The van der Waals surface area contributed by atoms with Crippen molar-refractivity contribution in [2.75, 3.05) is 5.32 Å². The van der Waals surface area contributed by atoms with Gasteiger partial charge in [0, 0.05) is 0 Å². The Morgan fingerprint density at radius 2 is 2.06 bits per heavy atom. The van der Waals surface area contributed by atoms with Gasteiger partial charge in [-0.3, -0.25) is 0 Å². The van der Waals surface area contributed by atoms with E-state index < -0.39 is 23.2 Å². The molecule has 1 atom stereocenters. The number of rotatable bonds is 5. The summed E-state index contributed by atoms with van der Waals surface area (Å²) in [5, 5.41) is 16.4. The predicted molar refractivity (Wildman–Crippen MR) is 59.4 cm³/mol. The van der Waals surface area contributed by atoms with E-state index in [9.17, 15) is 18.0 Å². The summed E-state index contributed by atoms with van der Waals surface area (Å²) in [6, 6.07) is -0.973. The number of aromatic nitrogens is 2. The van der Waals surface area contributed by atoms with Gasteiger partial charge in [0.25, 0.3) is 0 Å². The predicted octanol–water partition coefficient (Wildman–Crippen LogP) is 2.47. The first-order chi connectivity index (χ1) is 8.20. The minimum absolute atomic E-state index is 0.0913. The molecule has 0 aliphatic carbocycles. The monoisotopic (exact) mass is 283 g/mol. The van der Waals surface area contributed by atoms with Crippen LogP contribution in [0, 0.1) is 5.92 Å². The molecule has 1 aromatic heterocycles. The van der Waals surface area contributed by atoms with Crippen LogP contribution >= 0.6 is 11.3 Å². The van der Waals surface area contributed by atoms with Crippen molar-refractivity contribution >= 4 is 22.4 Å². The maximum absolute atomic E-state index is 12.3. The van der Waals surface area contributed by atoms with Crippen molar-refractivity contribution in [1.29, 1.82) is 0 Å². The Hall–Kier alpha value is -1.38. The zero-order valence-corrected chi connectivity index (χ0v) is 10.5. The lowest BCUT2D eigenvalue weighted by molar-refractivity contribution is -0.139. The van der Waals surface area contributed by atoms with Gasteiger partial charge in [-0.1, -0.05) is 25.2 Å². The van der Waals surface area contributed by atoms with E-state index in [4.69, 9.17) is 5.11 Å². The number of carboxylic acids is 1. The number of carbonyl (C=O) groups is 1. The summed E-state index contributed by atoms with van der Waals surface area (Å²) in [5.41, 5.74) is 0. The molecule has 0 aliphatic heterocycles. The van der Waals surface area contributed by atoms with Crippen LogP contribution in [0.4, 0.5) is 18.3 Å². The molecule has 5 nitrogen and oxygen atoms in total. The number of hydrogen-bond acceptors (Lipinski definition) is 5. The van der Waals surface area contributed by atoms with Crippen LogP contribution in [0.15, 0.2) is 0 Å². The van der Waals surface area contributed by atoms with E-state index in [2.05, 4.69) is 15.5 Å². The summed E-state index contributed by atoms with van der Waals surface area (Å²) >= 11 is 0.291. The van der Waals surface area contributed by atoms with Crippen LogP contribution in [-0.4, -0.2) is 27.3 Å². The van der Waals surface area contributed by atoms with Crippen LogP contribution in [0.1, 0.15) is 25.3 Å². The lowest BCUT2D eigenvalue weighted by Gasteiger charge is -2.14. The maximum atomic E-state index is 12.3. The van der Waals surface area contributed by atoms with Gasteiger partial charge in [0.1, 0.15) is 6.04 Å². The second kappa shape index (κ2) is 5.51. The second-order valence-corrected chi connectivity index (χ2v) is 5.05. The molecule has 1 rings (SSSR count). The first kappa shape index (κ1) is 14.7.